The van der Waals surface area contributed by atoms with E-state index in [0.717, 1.165) is 82.7 Å². The van der Waals surface area contributed by atoms with Crippen LogP contribution >= 0.6 is 0 Å². The van der Waals surface area contributed by atoms with Crippen LogP contribution in [0, 0.1) is 11.6 Å². The number of nitrogens with two attached hydrogens (primary N) is 2. The molecule has 2 aromatic carbocycles. The molecule has 2 aliphatic heterocycles. The van der Waals surface area contributed by atoms with Crippen LogP contribution in [0.25, 0.3) is 0 Å². The molecule has 2 fully saturated rings. The van der Waals surface area contributed by atoms with E-state index in [-0.39, 0.29) is 11.6 Å². The number of rotatable bonds is 7. The van der Waals surface area contributed by atoms with E-state index < -0.39 is 0 Å². The summed E-state index contributed by atoms with van der Waals surface area (Å²) < 4.78 is 31.9. The lowest BCUT2D eigenvalue weighted by Gasteiger charge is -2.32. The number of anilines is 2. The molecule has 7 heteroatoms. The van der Waals surface area contributed by atoms with Crippen LogP contribution in [0.3, 0.4) is 0 Å². The number of nitrogen functional groups attached to an aromatic ring is 2. The lowest BCUT2D eigenvalue weighted by Crippen LogP contribution is -2.35. The molecule has 2 saturated heterocycles. The van der Waals surface area contributed by atoms with Gasteiger partial charge in [0.05, 0.1) is 18.0 Å². The van der Waals surface area contributed by atoms with Crippen LogP contribution in [0.15, 0.2) is 49.1 Å². The predicted octanol–water partition coefficient (Wildman–Crippen LogP) is 5.01. The Balaban J connectivity index is 0.000000196. The van der Waals surface area contributed by atoms with Crippen LogP contribution in [0.2, 0.25) is 0 Å². The zero-order valence-electron chi connectivity index (χ0n) is 20.9. The van der Waals surface area contributed by atoms with Crippen molar-refractivity contribution in [3.05, 3.63) is 71.8 Å². The van der Waals surface area contributed by atoms with Gasteiger partial charge in [-0.25, -0.2) is 8.78 Å². The zero-order chi connectivity index (χ0) is 25.2. The fourth-order valence-corrected chi connectivity index (χ4v) is 5.12. The van der Waals surface area contributed by atoms with Crippen molar-refractivity contribution in [3.8, 4) is 0 Å². The smallest absolute Gasteiger partial charge is 0.146 e. The molecule has 4 N–H and O–H groups in total. The topological polar surface area (TPSA) is 67.8 Å². The Morgan fingerprint density at radius 1 is 0.857 bits per heavy atom. The lowest BCUT2D eigenvalue weighted by molar-refractivity contribution is 0.130. The third kappa shape index (κ3) is 7.50. The molecule has 192 valence electrons. The molecular formula is C28H40F2N4O. The standard InChI is InChI=1S/C14H21FN2O.C14H19FN2/c1-18-10-9-17-7-5-11(6-8-17)12-3-2-4-13(15)14(12)16;1-2-8-17-9-6-11(7-10-17)12-4-3-5-13(15)14(12)16/h2-4,11H,5-10,16H2,1H3;2-5,11H,1,6-10,16H2. The number of methoxy groups -OCH3 is 1. The molecule has 4 rings (SSSR count). The summed E-state index contributed by atoms with van der Waals surface area (Å²) in [6.45, 7) is 10.6. The van der Waals surface area contributed by atoms with Crippen molar-refractivity contribution >= 4 is 11.4 Å². The molecular weight excluding hydrogens is 446 g/mol. The summed E-state index contributed by atoms with van der Waals surface area (Å²) in [5, 5.41) is 0. The number of likely N-dealkylation sites (tertiary alicyclic amines) is 2. The molecule has 0 atom stereocenters. The van der Waals surface area contributed by atoms with E-state index in [1.807, 2.05) is 18.2 Å². The molecule has 0 radical (unpaired) electrons. The minimum atomic E-state index is -0.297. The number of ether oxygens (including phenoxy) is 1. The Morgan fingerprint density at radius 2 is 1.31 bits per heavy atom. The number of piperidine rings is 2. The Bertz CT molecular complexity index is 939. The highest BCUT2D eigenvalue weighted by Gasteiger charge is 2.23. The van der Waals surface area contributed by atoms with E-state index in [4.69, 9.17) is 16.2 Å². The third-order valence-corrected chi connectivity index (χ3v) is 7.23. The predicted molar refractivity (Wildman–Crippen MR) is 141 cm³/mol. The first-order chi connectivity index (χ1) is 16.9. The van der Waals surface area contributed by atoms with Crippen molar-refractivity contribution < 1.29 is 13.5 Å². The second-order valence-electron chi connectivity index (χ2n) is 9.46. The second kappa shape index (κ2) is 13.6. The number of halogens is 2. The summed E-state index contributed by atoms with van der Waals surface area (Å²) in [5.41, 5.74) is 14.2. The highest BCUT2D eigenvalue weighted by molar-refractivity contribution is 5.50. The molecule has 0 aromatic heterocycles. The molecule has 5 nitrogen and oxygen atoms in total. The second-order valence-corrected chi connectivity index (χ2v) is 9.46. The quantitative estimate of drug-likeness (QED) is 0.426. The first-order valence-electron chi connectivity index (χ1n) is 12.6. The minimum Gasteiger partial charge on any atom is -0.396 e. The molecule has 0 aliphatic carbocycles. The van der Waals surface area contributed by atoms with Gasteiger partial charge in [-0.05, 0) is 87.0 Å². The summed E-state index contributed by atoms with van der Waals surface area (Å²) in [6.07, 6.45) is 6.09. The van der Waals surface area contributed by atoms with Gasteiger partial charge >= 0.3 is 0 Å². The molecule has 0 bridgehead atoms. The molecule has 2 aromatic rings. The van der Waals surface area contributed by atoms with E-state index in [1.165, 1.54) is 12.1 Å². The van der Waals surface area contributed by atoms with Gasteiger partial charge < -0.3 is 21.1 Å². The van der Waals surface area contributed by atoms with Gasteiger partial charge in [-0.15, -0.1) is 6.58 Å². The van der Waals surface area contributed by atoms with E-state index >= 15 is 0 Å². The first kappa shape index (κ1) is 27.1. The van der Waals surface area contributed by atoms with E-state index in [1.54, 1.807) is 19.2 Å². The maximum absolute atomic E-state index is 13.4. The average Bonchev–Trinajstić information content (AvgIpc) is 2.88. The maximum atomic E-state index is 13.4. The van der Waals surface area contributed by atoms with Crippen LogP contribution in [0.5, 0.6) is 0 Å². The summed E-state index contributed by atoms with van der Waals surface area (Å²) in [6, 6.07) is 10.2. The highest BCUT2D eigenvalue weighted by Crippen LogP contribution is 2.33. The molecule has 0 spiro atoms. The van der Waals surface area contributed by atoms with Crippen molar-refractivity contribution in [2.45, 2.75) is 37.5 Å². The number of nitrogens with zero attached hydrogens (tertiary/aromatic N) is 2. The van der Waals surface area contributed by atoms with Crippen LogP contribution in [0.4, 0.5) is 20.2 Å². The van der Waals surface area contributed by atoms with Gasteiger partial charge in [0.25, 0.3) is 0 Å². The highest BCUT2D eigenvalue weighted by atomic mass is 19.1. The maximum Gasteiger partial charge on any atom is 0.146 e. The fourth-order valence-electron chi connectivity index (χ4n) is 5.12. The number of hydrogen-bond acceptors (Lipinski definition) is 5. The Morgan fingerprint density at radius 3 is 1.74 bits per heavy atom. The average molecular weight is 487 g/mol. The molecule has 0 amide bonds. The SMILES string of the molecule is C=CCN1CCC(c2cccc(F)c2N)CC1.COCCN1CCC(c2cccc(F)c2N)CC1. The fraction of sp³-hybridized carbons (Fsp3) is 0.500. The molecule has 35 heavy (non-hydrogen) atoms. The Hall–Kier alpha value is -2.48. The van der Waals surface area contributed by atoms with E-state index in [2.05, 4.69) is 16.4 Å². The van der Waals surface area contributed by atoms with Crippen LogP contribution in [-0.4, -0.2) is 62.8 Å². The minimum absolute atomic E-state index is 0.295. The first-order valence-corrected chi connectivity index (χ1v) is 12.6. The molecule has 2 heterocycles. The van der Waals surface area contributed by atoms with Crippen molar-refractivity contribution in [3.63, 3.8) is 0 Å². The van der Waals surface area contributed by atoms with Gasteiger partial charge in [0.15, 0.2) is 0 Å². The van der Waals surface area contributed by atoms with Crippen molar-refractivity contribution in [1.82, 2.24) is 9.80 Å². The summed E-state index contributed by atoms with van der Waals surface area (Å²) in [7, 11) is 1.72. The van der Waals surface area contributed by atoms with Crippen molar-refractivity contribution in [2.75, 3.05) is 64.5 Å². The van der Waals surface area contributed by atoms with Gasteiger partial charge in [0.1, 0.15) is 11.6 Å². The Kier molecular flexibility index (Phi) is 10.5. The van der Waals surface area contributed by atoms with Crippen LogP contribution in [-0.2, 0) is 4.74 Å². The lowest BCUT2D eigenvalue weighted by atomic mass is 9.88. The summed E-state index contributed by atoms with van der Waals surface area (Å²) in [4.78, 5) is 4.74. The number of hydrogen-bond donors (Lipinski definition) is 2. The molecule has 0 unspecified atom stereocenters. The Labute approximate surface area is 208 Å². The van der Waals surface area contributed by atoms with Gasteiger partial charge in [-0.3, -0.25) is 4.90 Å². The largest absolute Gasteiger partial charge is 0.396 e. The van der Waals surface area contributed by atoms with Gasteiger partial charge in [0, 0.05) is 20.2 Å². The zero-order valence-corrected chi connectivity index (χ0v) is 20.9. The van der Waals surface area contributed by atoms with Gasteiger partial charge in [-0.2, -0.15) is 0 Å². The van der Waals surface area contributed by atoms with Crippen LogP contribution in [0.1, 0.15) is 48.6 Å². The normalized spacial score (nSPS) is 18.1. The summed E-state index contributed by atoms with van der Waals surface area (Å²) in [5.74, 6) is 0.191. The van der Waals surface area contributed by atoms with Crippen molar-refractivity contribution in [1.29, 1.82) is 0 Å². The third-order valence-electron chi connectivity index (χ3n) is 7.23. The molecule has 2 aliphatic rings. The van der Waals surface area contributed by atoms with Crippen LogP contribution < -0.4 is 11.5 Å². The van der Waals surface area contributed by atoms with Crippen molar-refractivity contribution in [2.24, 2.45) is 0 Å². The van der Waals surface area contributed by atoms with Gasteiger partial charge in [0.2, 0.25) is 0 Å². The van der Waals surface area contributed by atoms with Gasteiger partial charge in [-0.1, -0.05) is 30.3 Å². The van der Waals surface area contributed by atoms with E-state index in [0.29, 0.717) is 23.2 Å². The summed E-state index contributed by atoms with van der Waals surface area (Å²) >= 11 is 0. The molecule has 0 saturated carbocycles. The number of benzene rings is 2. The number of para-hydroxylation sites is 2. The monoisotopic (exact) mass is 486 g/mol. The van der Waals surface area contributed by atoms with E-state index in [9.17, 15) is 8.78 Å².